The lowest BCUT2D eigenvalue weighted by Crippen LogP contribution is -2.06. The summed E-state index contributed by atoms with van der Waals surface area (Å²) in [5, 5.41) is 9.49. The summed E-state index contributed by atoms with van der Waals surface area (Å²) in [7, 11) is 1.45. The molecule has 0 spiro atoms. The minimum atomic E-state index is -0.374. The van der Waals surface area contributed by atoms with Crippen molar-refractivity contribution in [2.75, 3.05) is 13.7 Å². The number of carbonyl (C=O) groups is 1. The number of phenols is 1. The molecule has 4 nitrogen and oxygen atoms in total. The van der Waals surface area contributed by atoms with E-state index in [1.54, 1.807) is 0 Å². The predicted molar refractivity (Wildman–Crippen MR) is 87.6 cm³/mol. The number of methoxy groups -OCH3 is 1. The van der Waals surface area contributed by atoms with Crippen molar-refractivity contribution in [1.82, 2.24) is 0 Å². The van der Waals surface area contributed by atoms with Crippen LogP contribution in [0, 0.1) is 0 Å². The SMILES string of the molecule is CCCCCCCCCCOC(=O)c1ccc(O)c(OC)c1. The highest BCUT2D eigenvalue weighted by Gasteiger charge is 2.10. The standard InChI is InChI=1S/C18H28O4/c1-3-4-5-6-7-8-9-10-13-22-18(20)15-11-12-16(19)17(14-15)21-2/h11-12,14,19H,3-10,13H2,1-2H3. The molecule has 0 aliphatic rings. The van der Waals surface area contributed by atoms with Crippen molar-refractivity contribution in [3.63, 3.8) is 0 Å². The number of carbonyl (C=O) groups excluding carboxylic acids is 1. The van der Waals surface area contributed by atoms with Gasteiger partial charge in [0.2, 0.25) is 0 Å². The van der Waals surface area contributed by atoms with E-state index in [-0.39, 0.29) is 17.5 Å². The molecule has 1 aromatic rings. The summed E-state index contributed by atoms with van der Waals surface area (Å²) in [4.78, 5) is 11.9. The zero-order chi connectivity index (χ0) is 16.2. The quantitative estimate of drug-likeness (QED) is 0.475. The van der Waals surface area contributed by atoms with Gasteiger partial charge in [-0.05, 0) is 24.6 Å². The zero-order valence-electron chi connectivity index (χ0n) is 13.8. The van der Waals surface area contributed by atoms with Gasteiger partial charge < -0.3 is 14.6 Å². The minimum Gasteiger partial charge on any atom is -0.504 e. The summed E-state index contributed by atoms with van der Waals surface area (Å²) in [5.74, 6) is -0.0788. The van der Waals surface area contributed by atoms with Crippen molar-refractivity contribution in [1.29, 1.82) is 0 Å². The number of phenolic OH excluding ortho intramolecular Hbond substituents is 1. The first kappa shape index (κ1) is 18.3. The topological polar surface area (TPSA) is 55.8 Å². The third kappa shape index (κ3) is 6.83. The third-order valence-electron chi connectivity index (χ3n) is 3.65. The Morgan fingerprint density at radius 1 is 1.05 bits per heavy atom. The Labute approximate surface area is 133 Å². The molecular weight excluding hydrogens is 280 g/mol. The Morgan fingerprint density at radius 2 is 1.68 bits per heavy atom. The zero-order valence-corrected chi connectivity index (χ0v) is 13.8. The molecule has 0 saturated heterocycles. The second-order valence-electron chi connectivity index (χ2n) is 5.50. The molecule has 0 heterocycles. The van der Waals surface area contributed by atoms with E-state index >= 15 is 0 Å². The minimum absolute atomic E-state index is 0.0159. The third-order valence-corrected chi connectivity index (χ3v) is 3.65. The van der Waals surface area contributed by atoms with Crippen molar-refractivity contribution in [2.45, 2.75) is 58.3 Å². The van der Waals surface area contributed by atoms with Gasteiger partial charge in [0.05, 0.1) is 19.3 Å². The number of hydrogen-bond donors (Lipinski definition) is 1. The van der Waals surface area contributed by atoms with Crippen molar-refractivity contribution >= 4 is 5.97 Å². The number of unbranched alkanes of at least 4 members (excludes halogenated alkanes) is 7. The van der Waals surface area contributed by atoms with Crippen LogP contribution in [0.15, 0.2) is 18.2 Å². The average molecular weight is 308 g/mol. The van der Waals surface area contributed by atoms with Crippen molar-refractivity contribution in [2.24, 2.45) is 0 Å². The number of ether oxygens (including phenoxy) is 2. The van der Waals surface area contributed by atoms with Gasteiger partial charge in [0.15, 0.2) is 11.5 Å². The second-order valence-corrected chi connectivity index (χ2v) is 5.50. The van der Waals surface area contributed by atoms with Gasteiger partial charge in [-0.1, -0.05) is 51.9 Å². The van der Waals surface area contributed by atoms with Crippen LogP contribution in [0.5, 0.6) is 11.5 Å². The summed E-state index contributed by atoms with van der Waals surface area (Å²) < 4.78 is 10.2. The smallest absolute Gasteiger partial charge is 0.338 e. The monoisotopic (exact) mass is 308 g/mol. The molecule has 1 aromatic carbocycles. The molecule has 1 N–H and O–H groups in total. The molecule has 1 rings (SSSR count). The number of hydrogen-bond acceptors (Lipinski definition) is 4. The largest absolute Gasteiger partial charge is 0.504 e. The van der Waals surface area contributed by atoms with Crippen LogP contribution in [0.3, 0.4) is 0 Å². The summed E-state index contributed by atoms with van der Waals surface area (Å²) in [6, 6.07) is 4.46. The molecular formula is C18H28O4. The van der Waals surface area contributed by atoms with Crippen LogP contribution in [0.1, 0.15) is 68.6 Å². The van der Waals surface area contributed by atoms with Crippen LogP contribution in [0.4, 0.5) is 0 Å². The normalized spacial score (nSPS) is 10.5. The van der Waals surface area contributed by atoms with Crippen molar-refractivity contribution < 1.29 is 19.4 Å². The fraction of sp³-hybridized carbons (Fsp3) is 0.611. The molecule has 0 radical (unpaired) electrons. The number of rotatable bonds is 11. The van der Waals surface area contributed by atoms with Gasteiger partial charge in [0, 0.05) is 0 Å². The Bertz CT molecular complexity index is 443. The lowest BCUT2D eigenvalue weighted by atomic mass is 10.1. The van der Waals surface area contributed by atoms with Crippen LogP contribution in [-0.4, -0.2) is 24.8 Å². The molecule has 0 unspecified atom stereocenters. The second kappa shape index (κ2) is 10.9. The highest BCUT2D eigenvalue weighted by molar-refractivity contribution is 5.90. The maximum Gasteiger partial charge on any atom is 0.338 e. The Kier molecular flexibility index (Phi) is 9.12. The Morgan fingerprint density at radius 3 is 2.32 bits per heavy atom. The van der Waals surface area contributed by atoms with Crippen molar-refractivity contribution in [3.8, 4) is 11.5 Å². The molecule has 0 bridgehead atoms. The molecule has 0 amide bonds. The van der Waals surface area contributed by atoms with Gasteiger partial charge in [-0.3, -0.25) is 0 Å². The summed E-state index contributed by atoms with van der Waals surface area (Å²) in [5.41, 5.74) is 0.397. The summed E-state index contributed by atoms with van der Waals surface area (Å²) in [6.45, 7) is 2.66. The predicted octanol–water partition coefficient (Wildman–Crippen LogP) is 4.70. The number of esters is 1. The first-order valence-electron chi connectivity index (χ1n) is 8.23. The summed E-state index contributed by atoms with van der Waals surface area (Å²) >= 11 is 0. The van der Waals surface area contributed by atoms with Crippen LogP contribution < -0.4 is 4.74 Å². The van der Waals surface area contributed by atoms with Gasteiger partial charge in [-0.25, -0.2) is 4.79 Å². The van der Waals surface area contributed by atoms with Crippen LogP contribution in [-0.2, 0) is 4.74 Å². The molecule has 0 atom stereocenters. The van der Waals surface area contributed by atoms with Gasteiger partial charge >= 0.3 is 5.97 Å². The van der Waals surface area contributed by atoms with E-state index in [1.165, 1.54) is 63.8 Å². The fourth-order valence-electron chi connectivity index (χ4n) is 2.29. The van der Waals surface area contributed by atoms with Gasteiger partial charge in [-0.15, -0.1) is 0 Å². The van der Waals surface area contributed by atoms with E-state index < -0.39 is 0 Å². The van der Waals surface area contributed by atoms with E-state index in [9.17, 15) is 9.90 Å². The number of aromatic hydroxyl groups is 1. The Hall–Kier alpha value is -1.71. The van der Waals surface area contributed by atoms with Gasteiger partial charge in [0.1, 0.15) is 0 Å². The maximum absolute atomic E-state index is 11.9. The average Bonchev–Trinajstić information content (AvgIpc) is 2.53. The van der Waals surface area contributed by atoms with E-state index in [1.807, 2.05) is 0 Å². The molecule has 0 aliphatic heterocycles. The molecule has 22 heavy (non-hydrogen) atoms. The molecule has 0 aliphatic carbocycles. The highest BCUT2D eigenvalue weighted by atomic mass is 16.5. The molecule has 0 aromatic heterocycles. The van der Waals surface area contributed by atoms with Crippen LogP contribution >= 0.6 is 0 Å². The Balaban J connectivity index is 2.16. The first-order chi connectivity index (χ1) is 10.7. The first-order valence-corrected chi connectivity index (χ1v) is 8.23. The maximum atomic E-state index is 11.9. The van der Waals surface area contributed by atoms with Gasteiger partial charge in [0.25, 0.3) is 0 Å². The number of benzene rings is 1. The van der Waals surface area contributed by atoms with E-state index in [0.29, 0.717) is 12.2 Å². The molecule has 4 heteroatoms. The molecule has 124 valence electrons. The highest BCUT2D eigenvalue weighted by Crippen LogP contribution is 2.26. The fourth-order valence-corrected chi connectivity index (χ4v) is 2.29. The van der Waals surface area contributed by atoms with Crippen LogP contribution in [0.2, 0.25) is 0 Å². The van der Waals surface area contributed by atoms with E-state index in [2.05, 4.69) is 6.92 Å². The van der Waals surface area contributed by atoms with E-state index in [0.717, 1.165) is 12.8 Å². The lowest BCUT2D eigenvalue weighted by molar-refractivity contribution is 0.0497. The van der Waals surface area contributed by atoms with Gasteiger partial charge in [-0.2, -0.15) is 0 Å². The molecule has 0 fully saturated rings. The molecule has 0 saturated carbocycles. The lowest BCUT2D eigenvalue weighted by Gasteiger charge is -2.07. The van der Waals surface area contributed by atoms with Crippen LogP contribution in [0.25, 0.3) is 0 Å². The van der Waals surface area contributed by atoms with E-state index in [4.69, 9.17) is 9.47 Å². The van der Waals surface area contributed by atoms with Crippen molar-refractivity contribution in [3.05, 3.63) is 23.8 Å². The summed E-state index contributed by atoms with van der Waals surface area (Å²) in [6.07, 6.45) is 9.70.